The summed E-state index contributed by atoms with van der Waals surface area (Å²) in [6, 6.07) is 9.21. The van der Waals surface area contributed by atoms with Gasteiger partial charge in [0.05, 0.1) is 23.8 Å². The van der Waals surface area contributed by atoms with Gasteiger partial charge >= 0.3 is 6.18 Å². The molecule has 1 N–H and O–H groups in total. The van der Waals surface area contributed by atoms with E-state index in [2.05, 4.69) is 10.2 Å². The van der Waals surface area contributed by atoms with Crippen LogP contribution in [0.3, 0.4) is 0 Å². The first kappa shape index (κ1) is 23.5. The molecule has 1 aliphatic heterocycles. The highest BCUT2D eigenvalue weighted by Gasteiger charge is 2.39. The number of halogens is 3. The molecule has 1 fully saturated rings. The molecule has 2 aromatic carbocycles. The van der Waals surface area contributed by atoms with Gasteiger partial charge in [0.1, 0.15) is 13.6 Å². The number of alkyl halides is 3. The number of nitrogens with one attached hydrogen (secondary N) is 1. The van der Waals surface area contributed by atoms with Gasteiger partial charge in [0.15, 0.2) is 0 Å². The van der Waals surface area contributed by atoms with Gasteiger partial charge in [-0.25, -0.2) is 0 Å². The van der Waals surface area contributed by atoms with Crippen molar-refractivity contribution in [2.45, 2.75) is 29.5 Å². The Morgan fingerprint density at radius 1 is 1.29 bits per heavy atom. The molecule has 1 aliphatic rings. The van der Waals surface area contributed by atoms with Gasteiger partial charge in [0.2, 0.25) is 0 Å². The molecule has 1 atom stereocenters. The Labute approximate surface area is 185 Å². The molecule has 2 radical (unpaired) electrons. The summed E-state index contributed by atoms with van der Waals surface area (Å²) in [7, 11) is 9.23. The fraction of sp³-hybridized carbons (Fsp3) is 0.409. The predicted octanol–water partition coefficient (Wildman–Crippen LogP) is 3.58. The summed E-state index contributed by atoms with van der Waals surface area (Å²) in [5.74, 6) is -0.587. The molecule has 0 spiro atoms. The number of methoxy groups -OCH3 is 1. The van der Waals surface area contributed by atoms with Crippen LogP contribution in [0.4, 0.5) is 13.2 Å². The third-order valence-electron chi connectivity index (χ3n) is 5.54. The van der Waals surface area contributed by atoms with Gasteiger partial charge in [-0.05, 0) is 50.4 Å². The summed E-state index contributed by atoms with van der Waals surface area (Å²) < 4.78 is 45.1. The van der Waals surface area contributed by atoms with Crippen molar-refractivity contribution >= 4 is 31.0 Å². The van der Waals surface area contributed by atoms with Crippen molar-refractivity contribution < 1.29 is 22.7 Å². The van der Waals surface area contributed by atoms with Crippen LogP contribution in [0, 0.1) is 0 Å². The molecule has 1 unspecified atom stereocenters. The number of ether oxygens (including phenoxy) is 1. The number of amides is 1. The lowest BCUT2D eigenvalue weighted by atomic mass is 9.79. The largest absolute Gasteiger partial charge is 0.496 e. The monoisotopic (exact) mass is 448 g/mol. The van der Waals surface area contributed by atoms with Gasteiger partial charge < -0.3 is 15.0 Å². The Kier molecular flexibility index (Phi) is 6.96. The quantitative estimate of drug-likeness (QED) is 0.561. The van der Waals surface area contributed by atoms with Crippen LogP contribution in [0.1, 0.15) is 34.3 Å². The van der Waals surface area contributed by atoms with E-state index >= 15 is 0 Å². The Balaban J connectivity index is 2.06. The molecular weight excluding hydrogens is 424 g/mol. The van der Waals surface area contributed by atoms with Crippen molar-refractivity contribution in [3.8, 4) is 5.75 Å². The molecule has 0 saturated carbocycles. The first-order valence-electron chi connectivity index (χ1n) is 9.80. The third-order valence-corrected chi connectivity index (χ3v) is 6.30. The molecule has 164 valence electrons. The van der Waals surface area contributed by atoms with Crippen molar-refractivity contribution in [3.05, 3.63) is 53.1 Å². The summed E-state index contributed by atoms with van der Waals surface area (Å²) in [5.41, 5.74) is -0.0315. The van der Waals surface area contributed by atoms with E-state index in [0.29, 0.717) is 18.4 Å². The number of piperidine rings is 1. The van der Waals surface area contributed by atoms with Crippen LogP contribution in [0.15, 0.2) is 41.3 Å². The van der Waals surface area contributed by atoms with E-state index in [4.69, 9.17) is 12.6 Å². The normalized spacial score (nSPS) is 19.8. The topological polar surface area (TPSA) is 41.6 Å². The van der Waals surface area contributed by atoms with Gasteiger partial charge in [-0.2, -0.15) is 13.2 Å². The van der Waals surface area contributed by atoms with Gasteiger partial charge in [0.25, 0.3) is 5.91 Å². The second-order valence-electron chi connectivity index (χ2n) is 7.76. The summed E-state index contributed by atoms with van der Waals surface area (Å²) in [6.07, 6.45) is -1.37. The molecule has 4 nitrogen and oxygen atoms in total. The molecule has 0 aromatic heterocycles. The lowest BCUT2D eigenvalue weighted by Crippen LogP contribution is -2.55. The molecule has 1 amide bonds. The molecule has 0 aliphatic carbocycles. The second kappa shape index (κ2) is 9.16. The number of benzene rings is 2. The molecule has 0 bridgehead atoms. The van der Waals surface area contributed by atoms with E-state index in [1.807, 2.05) is 25.2 Å². The lowest BCUT2D eigenvalue weighted by molar-refractivity contribution is -0.137. The number of nitrogens with zero attached hydrogens (tertiary/aromatic N) is 1. The van der Waals surface area contributed by atoms with E-state index in [1.165, 1.54) is 7.11 Å². The van der Waals surface area contributed by atoms with Crippen LogP contribution in [0.2, 0.25) is 0 Å². The Hall–Kier alpha value is -2.13. The summed E-state index contributed by atoms with van der Waals surface area (Å²) in [4.78, 5) is 15.8. The molecule has 1 saturated heterocycles. The van der Waals surface area contributed by atoms with Crippen molar-refractivity contribution in [3.63, 3.8) is 0 Å². The predicted molar refractivity (Wildman–Crippen MR) is 117 cm³/mol. The number of likely N-dealkylation sites (N-methyl/N-ethyl adjacent to an activating group) is 1. The molecule has 2 aromatic rings. The molecule has 31 heavy (non-hydrogen) atoms. The standard InChI is InChI=1S/C22H24BF3N2O2S/c1-28-9-5-8-21(13-28,14-6-4-7-16(23)10-14)27-20(29)19-17(30-2)11-15(22(24,25)26)12-18(19)31-3/h4,6-7,10-12H,5,8-9,13H2,1-3H3,(H,27,29). The Morgan fingerprint density at radius 2 is 2.03 bits per heavy atom. The molecule has 1 heterocycles. The average molecular weight is 448 g/mol. The summed E-state index contributed by atoms with van der Waals surface area (Å²) >= 11 is 1.07. The number of hydrogen-bond acceptors (Lipinski definition) is 4. The lowest BCUT2D eigenvalue weighted by Gasteiger charge is -2.43. The zero-order valence-electron chi connectivity index (χ0n) is 17.7. The number of carbonyl (C=O) groups is 1. The van der Waals surface area contributed by atoms with Gasteiger partial charge in [-0.15, -0.1) is 11.8 Å². The highest BCUT2D eigenvalue weighted by atomic mass is 32.2. The van der Waals surface area contributed by atoms with Gasteiger partial charge in [-0.3, -0.25) is 4.79 Å². The van der Waals surface area contributed by atoms with Crippen LogP contribution in [-0.4, -0.2) is 52.2 Å². The summed E-state index contributed by atoms with van der Waals surface area (Å²) in [5, 5.41) is 3.12. The maximum absolute atomic E-state index is 13.5. The molecular formula is C22H24BF3N2O2S. The Morgan fingerprint density at radius 3 is 2.61 bits per heavy atom. The fourth-order valence-corrected chi connectivity index (χ4v) is 4.74. The minimum atomic E-state index is -4.54. The van der Waals surface area contributed by atoms with Crippen LogP contribution in [0.5, 0.6) is 5.75 Å². The zero-order chi connectivity index (χ0) is 22.8. The number of rotatable bonds is 5. The second-order valence-corrected chi connectivity index (χ2v) is 8.60. The van der Waals surface area contributed by atoms with Gasteiger partial charge in [-0.1, -0.05) is 29.7 Å². The fourth-order valence-electron chi connectivity index (χ4n) is 4.09. The smallest absolute Gasteiger partial charge is 0.416 e. The van der Waals surface area contributed by atoms with Crippen molar-refractivity contribution in [1.29, 1.82) is 0 Å². The van der Waals surface area contributed by atoms with Gasteiger partial charge in [0, 0.05) is 11.4 Å². The van der Waals surface area contributed by atoms with Crippen molar-refractivity contribution in [2.75, 3.05) is 33.5 Å². The maximum atomic E-state index is 13.5. The van der Waals surface area contributed by atoms with E-state index < -0.39 is 23.2 Å². The van der Waals surface area contributed by atoms with Crippen LogP contribution < -0.4 is 15.5 Å². The molecule has 9 heteroatoms. The van der Waals surface area contributed by atoms with Crippen LogP contribution in [-0.2, 0) is 11.7 Å². The minimum absolute atomic E-state index is 0.0968. The highest BCUT2D eigenvalue weighted by Crippen LogP contribution is 2.39. The Bertz CT molecular complexity index is 945. The van der Waals surface area contributed by atoms with E-state index in [-0.39, 0.29) is 16.2 Å². The highest BCUT2D eigenvalue weighted by molar-refractivity contribution is 7.98. The number of carbonyl (C=O) groups excluding carboxylic acids is 1. The minimum Gasteiger partial charge on any atom is -0.496 e. The first-order valence-corrected chi connectivity index (χ1v) is 11.0. The number of hydrogen-bond donors (Lipinski definition) is 1. The average Bonchev–Trinajstić information content (AvgIpc) is 2.71. The summed E-state index contributed by atoms with van der Waals surface area (Å²) in [6.45, 7) is 1.44. The zero-order valence-corrected chi connectivity index (χ0v) is 18.5. The van der Waals surface area contributed by atoms with Crippen molar-refractivity contribution in [2.24, 2.45) is 0 Å². The van der Waals surface area contributed by atoms with Crippen LogP contribution >= 0.6 is 11.8 Å². The third kappa shape index (κ3) is 5.04. The SMILES string of the molecule is [B]c1cccc(C2(NC(=O)c3c(OC)cc(C(F)(F)F)cc3SC)CCCN(C)C2)c1. The molecule has 3 rings (SSSR count). The van der Waals surface area contributed by atoms with Crippen molar-refractivity contribution in [1.82, 2.24) is 10.2 Å². The van der Waals surface area contributed by atoms with E-state index in [0.717, 1.165) is 42.4 Å². The number of likely N-dealkylation sites (tertiary alicyclic amines) is 1. The maximum Gasteiger partial charge on any atom is 0.416 e. The first-order chi connectivity index (χ1) is 14.6. The van der Waals surface area contributed by atoms with E-state index in [1.54, 1.807) is 12.3 Å². The number of thioether (sulfide) groups is 1. The van der Waals surface area contributed by atoms with Crippen LogP contribution in [0.25, 0.3) is 0 Å². The van der Waals surface area contributed by atoms with E-state index in [9.17, 15) is 18.0 Å².